The van der Waals surface area contributed by atoms with E-state index in [4.69, 9.17) is 14.6 Å². The molecule has 0 radical (unpaired) electrons. The number of nitrogens with zero attached hydrogens (tertiary/aromatic N) is 2. The van der Waals surface area contributed by atoms with Gasteiger partial charge in [0.15, 0.2) is 17.5 Å². The Morgan fingerprint density at radius 3 is 2.64 bits per heavy atom. The standard InChI is InChI=1S/C20H34N4O3.HI/c1-3-21-20(22-9-12-24-10-5-4-6-11-24)23-16-17-7-8-18(27-14-13-25)19(15-17)26-2;/h7-8,15,25H,3-6,9-14,16H2,1-2H3,(H2,21,22,23);1H. The van der Waals surface area contributed by atoms with Gasteiger partial charge in [0, 0.05) is 19.6 Å². The highest BCUT2D eigenvalue weighted by molar-refractivity contribution is 14.0. The van der Waals surface area contributed by atoms with Crippen LogP contribution in [0.4, 0.5) is 0 Å². The van der Waals surface area contributed by atoms with E-state index in [2.05, 4.69) is 27.4 Å². The van der Waals surface area contributed by atoms with Crippen molar-refractivity contribution in [3.05, 3.63) is 23.8 Å². The van der Waals surface area contributed by atoms with Gasteiger partial charge in [0.1, 0.15) is 6.61 Å². The van der Waals surface area contributed by atoms with Crippen LogP contribution < -0.4 is 20.1 Å². The summed E-state index contributed by atoms with van der Waals surface area (Å²) in [4.78, 5) is 7.18. The number of likely N-dealkylation sites (tertiary alicyclic amines) is 1. The third kappa shape index (κ3) is 8.83. The summed E-state index contributed by atoms with van der Waals surface area (Å²) >= 11 is 0. The van der Waals surface area contributed by atoms with Crippen LogP contribution in [0.25, 0.3) is 0 Å². The van der Waals surface area contributed by atoms with Crippen LogP contribution in [-0.4, -0.2) is 69.0 Å². The number of hydrogen-bond donors (Lipinski definition) is 3. The van der Waals surface area contributed by atoms with Gasteiger partial charge in [-0.1, -0.05) is 12.5 Å². The molecule has 0 saturated carbocycles. The molecule has 7 nitrogen and oxygen atoms in total. The van der Waals surface area contributed by atoms with Crippen molar-refractivity contribution < 1.29 is 14.6 Å². The van der Waals surface area contributed by atoms with Gasteiger partial charge in [-0.2, -0.15) is 0 Å². The highest BCUT2D eigenvalue weighted by atomic mass is 127. The highest BCUT2D eigenvalue weighted by Crippen LogP contribution is 2.28. The maximum Gasteiger partial charge on any atom is 0.191 e. The zero-order chi connectivity index (χ0) is 19.3. The maximum atomic E-state index is 8.90. The fourth-order valence-corrected chi connectivity index (χ4v) is 3.11. The van der Waals surface area contributed by atoms with Crippen molar-refractivity contribution >= 4 is 29.9 Å². The number of piperidine rings is 1. The Balaban J connectivity index is 0.00000392. The summed E-state index contributed by atoms with van der Waals surface area (Å²) in [6.07, 6.45) is 3.99. The summed E-state index contributed by atoms with van der Waals surface area (Å²) < 4.78 is 10.8. The van der Waals surface area contributed by atoms with Crippen molar-refractivity contribution in [3.8, 4) is 11.5 Å². The number of rotatable bonds is 10. The molecule has 0 spiro atoms. The fourth-order valence-electron chi connectivity index (χ4n) is 3.11. The molecule has 1 heterocycles. The number of halogens is 1. The molecule has 1 aliphatic rings. The Bertz CT molecular complexity index is 581. The summed E-state index contributed by atoms with van der Waals surface area (Å²) in [5, 5.41) is 15.6. The smallest absolute Gasteiger partial charge is 0.191 e. The van der Waals surface area contributed by atoms with E-state index in [1.54, 1.807) is 7.11 Å². The Morgan fingerprint density at radius 2 is 1.96 bits per heavy atom. The number of ether oxygens (including phenoxy) is 2. The van der Waals surface area contributed by atoms with Gasteiger partial charge >= 0.3 is 0 Å². The SMILES string of the molecule is CCNC(=NCc1ccc(OCCO)c(OC)c1)NCCN1CCCCC1.I. The van der Waals surface area contributed by atoms with Crippen molar-refractivity contribution in [2.24, 2.45) is 4.99 Å². The predicted molar refractivity (Wildman–Crippen MR) is 124 cm³/mol. The third-order valence-corrected chi connectivity index (χ3v) is 4.51. The first-order valence-corrected chi connectivity index (χ1v) is 9.92. The van der Waals surface area contributed by atoms with E-state index in [-0.39, 0.29) is 37.2 Å². The Labute approximate surface area is 185 Å². The molecule has 0 amide bonds. The Hall–Kier alpha value is -1.26. The van der Waals surface area contributed by atoms with E-state index in [1.165, 1.54) is 32.4 Å². The third-order valence-electron chi connectivity index (χ3n) is 4.51. The second-order valence-electron chi connectivity index (χ2n) is 6.58. The number of aliphatic hydroxyl groups is 1. The summed E-state index contributed by atoms with van der Waals surface area (Å²) in [5.41, 5.74) is 1.04. The van der Waals surface area contributed by atoms with Crippen LogP contribution in [0.5, 0.6) is 11.5 Å². The molecule has 3 N–H and O–H groups in total. The number of methoxy groups -OCH3 is 1. The van der Waals surface area contributed by atoms with Crippen LogP contribution in [0.1, 0.15) is 31.7 Å². The summed E-state index contributed by atoms with van der Waals surface area (Å²) in [6, 6.07) is 5.75. The minimum atomic E-state index is -0.0235. The van der Waals surface area contributed by atoms with Crippen molar-refractivity contribution in [1.29, 1.82) is 0 Å². The molecule has 1 aromatic rings. The van der Waals surface area contributed by atoms with Gasteiger partial charge in [-0.05, 0) is 50.6 Å². The fraction of sp³-hybridized carbons (Fsp3) is 0.650. The molecule has 0 unspecified atom stereocenters. The molecular weight excluding hydrogens is 471 g/mol. The van der Waals surface area contributed by atoms with E-state index in [9.17, 15) is 0 Å². The molecule has 28 heavy (non-hydrogen) atoms. The average Bonchev–Trinajstić information content (AvgIpc) is 2.71. The summed E-state index contributed by atoms with van der Waals surface area (Å²) in [6.45, 7) is 8.03. The number of guanidine groups is 1. The lowest BCUT2D eigenvalue weighted by Crippen LogP contribution is -2.42. The van der Waals surface area contributed by atoms with Gasteiger partial charge < -0.3 is 30.1 Å². The first kappa shape index (κ1) is 24.8. The monoisotopic (exact) mass is 506 g/mol. The molecule has 8 heteroatoms. The molecule has 0 aliphatic carbocycles. The zero-order valence-electron chi connectivity index (χ0n) is 17.1. The molecule has 1 fully saturated rings. The lowest BCUT2D eigenvalue weighted by Gasteiger charge is -2.26. The maximum absolute atomic E-state index is 8.90. The van der Waals surface area contributed by atoms with Crippen molar-refractivity contribution in [3.63, 3.8) is 0 Å². The number of hydrogen-bond acceptors (Lipinski definition) is 5. The largest absolute Gasteiger partial charge is 0.493 e. The van der Waals surface area contributed by atoms with Gasteiger partial charge in [-0.15, -0.1) is 24.0 Å². The molecule has 160 valence electrons. The summed E-state index contributed by atoms with van der Waals surface area (Å²) in [7, 11) is 1.61. The van der Waals surface area contributed by atoms with E-state index < -0.39 is 0 Å². The second kappa shape index (κ2) is 14.7. The van der Waals surface area contributed by atoms with Crippen LogP contribution in [-0.2, 0) is 6.54 Å². The minimum absolute atomic E-state index is 0. The predicted octanol–water partition coefficient (Wildman–Crippen LogP) is 2.23. The normalized spacial score (nSPS) is 14.9. The Kier molecular flexibility index (Phi) is 13.0. The highest BCUT2D eigenvalue weighted by Gasteiger charge is 2.10. The van der Waals surface area contributed by atoms with Crippen LogP contribution in [0.2, 0.25) is 0 Å². The average molecular weight is 506 g/mol. The van der Waals surface area contributed by atoms with Gasteiger partial charge in [0.05, 0.1) is 20.3 Å². The zero-order valence-corrected chi connectivity index (χ0v) is 19.4. The summed E-state index contributed by atoms with van der Waals surface area (Å²) in [5.74, 6) is 2.11. The van der Waals surface area contributed by atoms with Crippen molar-refractivity contribution in [2.45, 2.75) is 32.7 Å². The number of aliphatic imine (C=N–C) groups is 1. The van der Waals surface area contributed by atoms with E-state index >= 15 is 0 Å². The second-order valence-corrected chi connectivity index (χ2v) is 6.58. The lowest BCUT2D eigenvalue weighted by atomic mass is 10.1. The van der Waals surface area contributed by atoms with Crippen LogP contribution in [0.15, 0.2) is 23.2 Å². The van der Waals surface area contributed by atoms with Gasteiger partial charge in [0.2, 0.25) is 0 Å². The van der Waals surface area contributed by atoms with Crippen LogP contribution >= 0.6 is 24.0 Å². The van der Waals surface area contributed by atoms with Crippen molar-refractivity contribution in [1.82, 2.24) is 15.5 Å². The number of aliphatic hydroxyl groups excluding tert-OH is 1. The molecule has 0 atom stereocenters. The first-order valence-electron chi connectivity index (χ1n) is 9.92. The first-order chi connectivity index (χ1) is 13.3. The van der Waals surface area contributed by atoms with Crippen molar-refractivity contribution in [2.75, 3.05) is 53.0 Å². The number of nitrogens with one attached hydrogen (secondary N) is 2. The number of benzene rings is 1. The minimum Gasteiger partial charge on any atom is -0.493 e. The lowest BCUT2D eigenvalue weighted by molar-refractivity contribution is 0.196. The molecule has 0 bridgehead atoms. The van der Waals surface area contributed by atoms with Gasteiger partial charge in [0.25, 0.3) is 0 Å². The van der Waals surface area contributed by atoms with Crippen LogP contribution in [0.3, 0.4) is 0 Å². The van der Waals surface area contributed by atoms with E-state index in [1.807, 2.05) is 18.2 Å². The van der Waals surface area contributed by atoms with E-state index in [0.717, 1.165) is 31.2 Å². The molecule has 0 aromatic heterocycles. The van der Waals surface area contributed by atoms with Gasteiger partial charge in [-0.3, -0.25) is 0 Å². The molecule has 1 saturated heterocycles. The Morgan fingerprint density at radius 1 is 1.18 bits per heavy atom. The topological polar surface area (TPSA) is 78.4 Å². The molecule has 2 rings (SSSR count). The molecule has 1 aromatic carbocycles. The quantitative estimate of drug-likeness (QED) is 0.257. The van der Waals surface area contributed by atoms with E-state index in [0.29, 0.717) is 18.0 Å². The molecule has 1 aliphatic heterocycles. The van der Waals surface area contributed by atoms with Crippen LogP contribution in [0, 0.1) is 0 Å². The van der Waals surface area contributed by atoms with Gasteiger partial charge in [-0.25, -0.2) is 4.99 Å². The molecular formula is C20H35IN4O3.